The molecule has 0 radical (unpaired) electrons. The minimum Gasteiger partial charge on any atom is -0.275 e. The molecule has 0 aliphatic heterocycles. The molecule has 2 nitrogen and oxygen atoms in total. The third kappa shape index (κ3) is 0.960. The Hall–Kier alpha value is -1.75. The van der Waals surface area contributed by atoms with Crippen LogP contribution in [0.5, 0.6) is 0 Å². The van der Waals surface area contributed by atoms with Crippen LogP contribution < -0.4 is 0 Å². The van der Waals surface area contributed by atoms with Crippen molar-refractivity contribution in [1.29, 1.82) is 0 Å². The third-order valence-electron chi connectivity index (χ3n) is 1.79. The summed E-state index contributed by atoms with van der Waals surface area (Å²) < 4.78 is 1.78. The van der Waals surface area contributed by atoms with Crippen LogP contribution in [0.25, 0.3) is 10.9 Å². The molecule has 1 aromatic carbocycles. The molecule has 58 valence electrons. The molecule has 2 heteroatoms. The zero-order valence-electron chi connectivity index (χ0n) is 6.78. The number of fused-ring (bicyclic) bond motifs is 1. The highest BCUT2D eigenvalue weighted by atomic mass is 15.2. The number of benzene rings is 1. The highest BCUT2D eigenvalue weighted by Crippen LogP contribution is 2.12. The van der Waals surface area contributed by atoms with Gasteiger partial charge in [-0.25, -0.2) is 0 Å². The Kier molecular flexibility index (Phi) is 1.38. The molecule has 12 heavy (non-hydrogen) atoms. The van der Waals surface area contributed by atoms with Crippen molar-refractivity contribution in [3.8, 4) is 12.3 Å². The van der Waals surface area contributed by atoms with Gasteiger partial charge in [-0.1, -0.05) is 5.92 Å². The summed E-state index contributed by atoms with van der Waals surface area (Å²) in [5.74, 6) is 2.58. The summed E-state index contributed by atoms with van der Waals surface area (Å²) in [6.07, 6.45) is 7.23. The van der Waals surface area contributed by atoms with Crippen molar-refractivity contribution in [2.75, 3.05) is 0 Å². The van der Waals surface area contributed by atoms with Crippen molar-refractivity contribution in [1.82, 2.24) is 9.78 Å². The molecule has 0 amide bonds. The number of rotatable bonds is 0. The van der Waals surface area contributed by atoms with E-state index in [2.05, 4.69) is 11.0 Å². The maximum absolute atomic E-state index is 5.26. The number of hydrogen-bond donors (Lipinski definition) is 0. The number of aryl methyl sites for hydroxylation is 1. The second-order valence-corrected chi connectivity index (χ2v) is 2.72. The Balaban J connectivity index is 2.77. The van der Waals surface area contributed by atoms with E-state index in [1.807, 2.05) is 31.4 Å². The summed E-state index contributed by atoms with van der Waals surface area (Å²) in [4.78, 5) is 0. The molecule has 2 aromatic rings. The van der Waals surface area contributed by atoms with Gasteiger partial charge in [-0.05, 0) is 18.2 Å². The van der Waals surface area contributed by atoms with E-state index in [-0.39, 0.29) is 0 Å². The molecule has 0 unspecified atom stereocenters. The van der Waals surface area contributed by atoms with E-state index in [1.165, 1.54) is 0 Å². The van der Waals surface area contributed by atoms with Crippen LogP contribution in [-0.2, 0) is 7.05 Å². The van der Waals surface area contributed by atoms with Crippen LogP contribution in [0, 0.1) is 12.3 Å². The fourth-order valence-electron chi connectivity index (χ4n) is 1.23. The first-order chi connectivity index (χ1) is 5.79. The summed E-state index contributed by atoms with van der Waals surface area (Å²) in [5.41, 5.74) is 1.83. The van der Waals surface area contributed by atoms with Gasteiger partial charge < -0.3 is 0 Å². The Morgan fingerprint density at radius 2 is 2.33 bits per heavy atom. The van der Waals surface area contributed by atoms with Crippen molar-refractivity contribution < 1.29 is 0 Å². The lowest BCUT2D eigenvalue weighted by Crippen LogP contribution is -1.84. The van der Waals surface area contributed by atoms with Crippen LogP contribution in [0.1, 0.15) is 5.56 Å². The fourth-order valence-corrected chi connectivity index (χ4v) is 1.23. The Morgan fingerprint density at radius 3 is 3.08 bits per heavy atom. The monoisotopic (exact) mass is 156 g/mol. The van der Waals surface area contributed by atoms with Gasteiger partial charge >= 0.3 is 0 Å². The standard InChI is InChI=1S/C10H8N2/c1-3-8-4-5-9-7-12(2)11-10(9)6-8/h1,4-7H,2H3. The molecule has 0 saturated carbocycles. The van der Waals surface area contributed by atoms with Crippen LogP contribution in [0.4, 0.5) is 0 Å². The van der Waals surface area contributed by atoms with Gasteiger partial charge in [-0.2, -0.15) is 5.10 Å². The van der Waals surface area contributed by atoms with Crippen LogP contribution in [0.3, 0.4) is 0 Å². The number of terminal acetylenes is 1. The molecule has 2 rings (SSSR count). The SMILES string of the molecule is C#Cc1ccc2cn(C)nc2c1. The molecule has 0 bridgehead atoms. The largest absolute Gasteiger partial charge is 0.275 e. The normalized spacial score (nSPS) is 10.0. The zero-order chi connectivity index (χ0) is 8.55. The molecule has 0 spiro atoms. The fraction of sp³-hybridized carbons (Fsp3) is 0.100. The quantitative estimate of drug-likeness (QED) is 0.529. The lowest BCUT2D eigenvalue weighted by molar-refractivity contribution is 0.780. The molecule has 1 heterocycles. The van der Waals surface area contributed by atoms with Crippen molar-refractivity contribution in [2.24, 2.45) is 7.05 Å². The zero-order valence-corrected chi connectivity index (χ0v) is 6.78. The second kappa shape index (κ2) is 2.38. The lowest BCUT2D eigenvalue weighted by Gasteiger charge is -1.88. The van der Waals surface area contributed by atoms with Gasteiger partial charge in [0.05, 0.1) is 5.52 Å². The molecule has 1 aromatic heterocycles. The van der Waals surface area contributed by atoms with Gasteiger partial charge in [0.15, 0.2) is 0 Å². The lowest BCUT2D eigenvalue weighted by atomic mass is 10.2. The van der Waals surface area contributed by atoms with E-state index in [1.54, 1.807) is 4.68 Å². The number of aromatic nitrogens is 2. The predicted octanol–water partition coefficient (Wildman–Crippen LogP) is 1.55. The maximum Gasteiger partial charge on any atom is 0.0935 e. The summed E-state index contributed by atoms with van der Waals surface area (Å²) in [7, 11) is 1.90. The first kappa shape index (κ1) is 6.93. The molecular formula is C10H8N2. The predicted molar refractivity (Wildman–Crippen MR) is 48.6 cm³/mol. The molecule has 0 atom stereocenters. The number of hydrogen-bond acceptors (Lipinski definition) is 1. The van der Waals surface area contributed by atoms with Crippen LogP contribution in [0.15, 0.2) is 24.4 Å². The van der Waals surface area contributed by atoms with E-state index < -0.39 is 0 Å². The highest BCUT2D eigenvalue weighted by Gasteiger charge is 1.97. The van der Waals surface area contributed by atoms with Crippen molar-refractivity contribution in [3.63, 3.8) is 0 Å². The highest BCUT2D eigenvalue weighted by molar-refractivity contribution is 5.79. The Labute approximate surface area is 70.8 Å². The van der Waals surface area contributed by atoms with Gasteiger partial charge in [0.1, 0.15) is 0 Å². The molecule has 0 aliphatic rings. The molecule has 0 aliphatic carbocycles. The van der Waals surface area contributed by atoms with Gasteiger partial charge in [0.25, 0.3) is 0 Å². The van der Waals surface area contributed by atoms with Crippen LogP contribution >= 0.6 is 0 Å². The number of nitrogens with zero attached hydrogens (tertiary/aromatic N) is 2. The minimum absolute atomic E-state index is 0.876. The van der Waals surface area contributed by atoms with E-state index in [0.29, 0.717) is 0 Å². The van der Waals surface area contributed by atoms with Gasteiger partial charge in [0, 0.05) is 24.2 Å². The maximum atomic E-state index is 5.26. The second-order valence-electron chi connectivity index (χ2n) is 2.72. The average molecular weight is 156 g/mol. The Morgan fingerprint density at radius 1 is 1.50 bits per heavy atom. The van der Waals surface area contributed by atoms with E-state index >= 15 is 0 Å². The van der Waals surface area contributed by atoms with Gasteiger partial charge in [-0.3, -0.25) is 4.68 Å². The van der Waals surface area contributed by atoms with E-state index in [9.17, 15) is 0 Å². The summed E-state index contributed by atoms with van der Waals surface area (Å²) >= 11 is 0. The minimum atomic E-state index is 0.876. The molecule has 0 saturated heterocycles. The third-order valence-corrected chi connectivity index (χ3v) is 1.79. The first-order valence-corrected chi connectivity index (χ1v) is 3.69. The van der Waals surface area contributed by atoms with Gasteiger partial charge in [0.2, 0.25) is 0 Å². The van der Waals surface area contributed by atoms with E-state index in [0.717, 1.165) is 16.5 Å². The molecular weight excluding hydrogens is 148 g/mol. The van der Waals surface area contributed by atoms with Crippen molar-refractivity contribution >= 4 is 10.9 Å². The van der Waals surface area contributed by atoms with Crippen LogP contribution in [0.2, 0.25) is 0 Å². The van der Waals surface area contributed by atoms with Gasteiger partial charge in [-0.15, -0.1) is 6.42 Å². The smallest absolute Gasteiger partial charge is 0.0935 e. The van der Waals surface area contributed by atoms with Crippen LogP contribution in [-0.4, -0.2) is 9.78 Å². The average Bonchev–Trinajstić information content (AvgIpc) is 2.43. The summed E-state index contributed by atoms with van der Waals surface area (Å²) in [5, 5.41) is 5.36. The summed E-state index contributed by atoms with van der Waals surface area (Å²) in [6.45, 7) is 0. The molecule has 0 N–H and O–H groups in total. The Bertz CT molecular complexity index is 460. The van der Waals surface area contributed by atoms with Crippen molar-refractivity contribution in [2.45, 2.75) is 0 Å². The van der Waals surface area contributed by atoms with E-state index in [4.69, 9.17) is 6.42 Å². The first-order valence-electron chi connectivity index (χ1n) is 3.69. The van der Waals surface area contributed by atoms with Crippen molar-refractivity contribution in [3.05, 3.63) is 30.0 Å². The molecule has 0 fully saturated rings. The topological polar surface area (TPSA) is 17.8 Å². The summed E-state index contributed by atoms with van der Waals surface area (Å²) in [6, 6.07) is 5.82.